The third-order valence-corrected chi connectivity index (χ3v) is 15.5. The second kappa shape index (κ2) is 13.5. The highest BCUT2D eigenvalue weighted by molar-refractivity contribution is 6.94. The van der Waals surface area contributed by atoms with Gasteiger partial charge in [-0.25, -0.2) is 0 Å². The molecule has 55 heavy (non-hydrogen) atoms. The zero-order valence-corrected chi connectivity index (χ0v) is 33.2. The second-order valence-electron chi connectivity index (χ2n) is 18.7. The van der Waals surface area contributed by atoms with Crippen LogP contribution in [0.25, 0.3) is 0 Å². The minimum absolute atomic E-state index is 0.105. The summed E-state index contributed by atoms with van der Waals surface area (Å²) in [7, 11) is 0. The molecule has 0 radical (unpaired) electrons. The predicted molar refractivity (Wildman–Crippen MR) is 233 cm³/mol. The Kier molecular flexibility index (Phi) is 8.37. The van der Waals surface area contributed by atoms with Crippen LogP contribution in [-0.4, -0.2) is 18.8 Å². The number of anilines is 3. The number of nitrogens with zero attached hydrogens (tertiary/aromatic N) is 3. The molecular weight excluding hydrogens is 665 g/mol. The zero-order chi connectivity index (χ0) is 36.7. The maximum Gasteiger partial charge on any atom is 0.251 e. The molecule has 280 valence electrons. The van der Waals surface area contributed by atoms with Gasteiger partial charge in [-0.2, -0.15) is 0 Å². The van der Waals surface area contributed by atoms with Gasteiger partial charge >= 0.3 is 0 Å². The van der Waals surface area contributed by atoms with Gasteiger partial charge in [0.05, 0.1) is 6.04 Å². The maximum absolute atomic E-state index is 2.86. The molecule has 0 N–H and O–H groups in total. The molecule has 4 heteroatoms. The highest BCUT2D eigenvalue weighted by atomic mass is 15.2. The number of para-hydroxylation sites is 1. The Bertz CT molecular complexity index is 2150. The molecule has 5 atom stereocenters. The highest BCUT2D eigenvalue weighted by Crippen LogP contribution is 2.54. The van der Waals surface area contributed by atoms with Crippen molar-refractivity contribution in [1.29, 1.82) is 0 Å². The summed E-state index contributed by atoms with van der Waals surface area (Å²) in [4.78, 5) is 8.53. The average molecular weight is 724 g/mol. The van der Waals surface area contributed by atoms with Gasteiger partial charge in [-0.1, -0.05) is 98.9 Å². The summed E-state index contributed by atoms with van der Waals surface area (Å²) < 4.78 is 0. The monoisotopic (exact) mass is 723 g/mol. The molecule has 3 heterocycles. The number of allylic oxidation sites excluding steroid dienone is 12. The van der Waals surface area contributed by atoms with Crippen LogP contribution in [0.5, 0.6) is 0 Å². The Morgan fingerprint density at radius 1 is 0.709 bits per heavy atom. The van der Waals surface area contributed by atoms with Gasteiger partial charge < -0.3 is 14.7 Å². The largest absolute Gasteiger partial charge is 0.339 e. The summed E-state index contributed by atoms with van der Waals surface area (Å²) in [5.41, 5.74) is 17.1. The zero-order valence-electron chi connectivity index (χ0n) is 33.2. The van der Waals surface area contributed by atoms with Crippen molar-refractivity contribution in [1.82, 2.24) is 0 Å². The molecule has 0 saturated carbocycles. The number of benzene rings is 2. The van der Waals surface area contributed by atoms with E-state index in [1.165, 1.54) is 97.9 Å². The Morgan fingerprint density at radius 3 is 2.44 bits per heavy atom. The third-order valence-electron chi connectivity index (χ3n) is 15.5. The molecule has 5 unspecified atom stereocenters. The predicted octanol–water partition coefficient (Wildman–Crippen LogP) is 11.3. The standard InChI is InChI=1S/C51H58BN3/c1-51(2,35-18-6-3-7-19-35)36-32-48-50-49(33-36)54(38-22-10-5-11-23-38)47-34-39(55-44-27-15-12-24-40(44)41-25-13-16-28-45(41)55)30-31-43(47)52(50)42-26-14-17-29-46(42)53(48)37-20-8-4-9-21-37/h3-4,6-8,14-15,17-18,22,26-27,29-32,34-37,40,44H,5,9-13,16,19-21,23-25,28,33H2,1-2H3. The van der Waals surface area contributed by atoms with E-state index >= 15 is 0 Å². The van der Waals surface area contributed by atoms with Crippen molar-refractivity contribution in [3.05, 3.63) is 137 Å². The van der Waals surface area contributed by atoms with Crippen molar-refractivity contribution < 1.29 is 0 Å². The van der Waals surface area contributed by atoms with Crippen molar-refractivity contribution in [2.75, 3.05) is 14.7 Å². The molecule has 3 nitrogen and oxygen atoms in total. The second-order valence-corrected chi connectivity index (χ2v) is 18.7. The van der Waals surface area contributed by atoms with E-state index in [0.717, 1.165) is 32.1 Å². The summed E-state index contributed by atoms with van der Waals surface area (Å²) >= 11 is 0. The first-order valence-electron chi connectivity index (χ1n) is 22.2. The topological polar surface area (TPSA) is 9.72 Å². The summed E-state index contributed by atoms with van der Waals surface area (Å²) in [5.74, 6) is 1.63. The van der Waals surface area contributed by atoms with Crippen LogP contribution in [0.3, 0.4) is 0 Å². The molecule has 0 fully saturated rings. The van der Waals surface area contributed by atoms with E-state index in [1.54, 1.807) is 28.1 Å². The van der Waals surface area contributed by atoms with E-state index in [1.807, 2.05) is 0 Å². The van der Waals surface area contributed by atoms with E-state index in [2.05, 4.69) is 132 Å². The van der Waals surface area contributed by atoms with Gasteiger partial charge in [0, 0.05) is 51.8 Å². The quantitative estimate of drug-likeness (QED) is 0.225. The number of rotatable bonds is 5. The molecular formula is C51H58BN3. The fourth-order valence-corrected chi connectivity index (χ4v) is 12.6. The van der Waals surface area contributed by atoms with Crippen LogP contribution in [0.1, 0.15) is 110 Å². The van der Waals surface area contributed by atoms with E-state index in [4.69, 9.17) is 0 Å². The lowest BCUT2D eigenvalue weighted by Gasteiger charge is -2.53. The van der Waals surface area contributed by atoms with Crippen LogP contribution in [0, 0.1) is 23.2 Å². The fraction of sp³-hybridized carbons (Fsp3) is 0.451. The molecule has 2 aromatic rings. The van der Waals surface area contributed by atoms with Gasteiger partial charge in [-0.05, 0) is 154 Å². The van der Waals surface area contributed by atoms with Crippen LogP contribution in [-0.2, 0) is 0 Å². The molecule has 0 saturated heterocycles. The summed E-state index contributed by atoms with van der Waals surface area (Å²) in [6.45, 7) is 5.39. The average Bonchev–Trinajstić information content (AvgIpc) is 3.58. The first-order valence-corrected chi connectivity index (χ1v) is 22.2. The van der Waals surface area contributed by atoms with Crippen molar-refractivity contribution in [2.24, 2.45) is 23.2 Å². The van der Waals surface area contributed by atoms with Gasteiger partial charge in [-0.3, -0.25) is 0 Å². The van der Waals surface area contributed by atoms with E-state index in [9.17, 15) is 0 Å². The van der Waals surface area contributed by atoms with E-state index in [0.29, 0.717) is 29.8 Å². The molecule has 0 aromatic heterocycles. The maximum atomic E-state index is 2.86. The van der Waals surface area contributed by atoms with Crippen molar-refractivity contribution in [3.63, 3.8) is 0 Å². The number of hydrogen-bond acceptors (Lipinski definition) is 3. The SMILES string of the molecule is CC(C)(C1C=CC=CC1)C1C=C2C3=C(C1)N(C1=CCCCC1)c1cc(N4C5=C(CCCC5)C5CCC=CC54)ccc1B3c1ccccc1N2C1CC=CCC1. The first-order chi connectivity index (χ1) is 27.1. The molecule has 2 aromatic carbocycles. The lowest BCUT2D eigenvalue weighted by molar-refractivity contribution is 0.176. The normalized spacial score (nSPS) is 29.5. The molecule has 0 spiro atoms. The van der Waals surface area contributed by atoms with E-state index in [-0.39, 0.29) is 12.1 Å². The molecule has 9 aliphatic rings. The van der Waals surface area contributed by atoms with Crippen LogP contribution < -0.4 is 25.6 Å². The molecule has 3 aliphatic heterocycles. The molecule has 6 aliphatic carbocycles. The van der Waals surface area contributed by atoms with Gasteiger partial charge in [0.2, 0.25) is 0 Å². The van der Waals surface area contributed by atoms with Crippen LogP contribution in [0.15, 0.2) is 137 Å². The molecule has 0 bridgehead atoms. The Balaban J connectivity index is 1.13. The minimum Gasteiger partial charge on any atom is -0.339 e. The lowest BCUT2D eigenvalue weighted by Crippen LogP contribution is -2.60. The lowest BCUT2D eigenvalue weighted by atomic mass is 9.31. The summed E-state index contributed by atoms with van der Waals surface area (Å²) in [5, 5.41) is 0. The highest BCUT2D eigenvalue weighted by Gasteiger charge is 2.51. The van der Waals surface area contributed by atoms with Crippen LogP contribution in [0.2, 0.25) is 0 Å². The fourth-order valence-electron chi connectivity index (χ4n) is 12.6. The number of hydrogen-bond donors (Lipinski definition) is 0. The van der Waals surface area contributed by atoms with Crippen LogP contribution >= 0.6 is 0 Å². The van der Waals surface area contributed by atoms with Gasteiger partial charge in [0.25, 0.3) is 6.71 Å². The smallest absolute Gasteiger partial charge is 0.251 e. The Labute approximate surface area is 330 Å². The Hall–Kier alpha value is -4.18. The minimum atomic E-state index is 0.105. The van der Waals surface area contributed by atoms with E-state index < -0.39 is 0 Å². The summed E-state index contributed by atoms with van der Waals surface area (Å²) in [6, 6.07) is 18.3. The van der Waals surface area contributed by atoms with Crippen molar-refractivity contribution in [2.45, 2.75) is 122 Å². The van der Waals surface area contributed by atoms with Gasteiger partial charge in [-0.15, -0.1) is 0 Å². The van der Waals surface area contributed by atoms with Crippen molar-refractivity contribution in [3.8, 4) is 0 Å². The van der Waals surface area contributed by atoms with Crippen molar-refractivity contribution >= 4 is 34.7 Å². The Morgan fingerprint density at radius 2 is 1.58 bits per heavy atom. The molecule has 0 amide bonds. The van der Waals surface area contributed by atoms with Crippen LogP contribution in [0.4, 0.5) is 17.1 Å². The third kappa shape index (κ3) is 5.36. The molecule has 11 rings (SSSR count). The summed E-state index contributed by atoms with van der Waals surface area (Å²) in [6.07, 6.45) is 43.1. The first kappa shape index (κ1) is 34.1. The number of fused-ring (bicyclic) bond motifs is 6. The van der Waals surface area contributed by atoms with Gasteiger partial charge in [0.1, 0.15) is 0 Å². The van der Waals surface area contributed by atoms with Gasteiger partial charge in [0.15, 0.2) is 0 Å².